The first-order chi connectivity index (χ1) is 6.72. The predicted octanol–water partition coefficient (Wildman–Crippen LogP) is 0.846. The van der Waals surface area contributed by atoms with Crippen LogP contribution in [-0.2, 0) is 0 Å². The van der Waals surface area contributed by atoms with E-state index in [4.69, 9.17) is 0 Å². The van der Waals surface area contributed by atoms with Crippen LogP contribution in [0.15, 0.2) is 0 Å². The van der Waals surface area contributed by atoms with Crippen LogP contribution in [0.5, 0.6) is 0 Å². The average Bonchev–Trinajstić information content (AvgIpc) is 2.59. The molecule has 0 bridgehead atoms. The number of aromatic amines is 2. The number of aromatic nitrogens is 6. The lowest BCUT2D eigenvalue weighted by atomic mass is 10.6. The highest BCUT2D eigenvalue weighted by atomic mass is 15.1. The van der Waals surface area contributed by atoms with E-state index in [-0.39, 0.29) is 0 Å². The Hall–Kier alpha value is -1.98. The summed E-state index contributed by atoms with van der Waals surface area (Å²) in [5.41, 5.74) is 2.61. The van der Waals surface area contributed by atoms with E-state index >= 15 is 0 Å². The number of fused-ring (bicyclic) bond motifs is 2. The number of H-pyrrole nitrogens is 2. The normalized spacial score (nSPS) is 11.6. The van der Waals surface area contributed by atoms with Crippen molar-refractivity contribution >= 4 is 22.6 Å². The number of nitrogens with zero attached hydrogens (tertiary/aromatic N) is 4. The molecule has 0 spiro atoms. The molecule has 0 radical (unpaired) electrons. The van der Waals surface area contributed by atoms with Gasteiger partial charge in [-0.05, 0) is 13.8 Å². The Bertz CT molecular complexity index is 516. The fraction of sp³-hybridized carbons (Fsp3) is 0.250. The Morgan fingerprint density at radius 2 is 1.21 bits per heavy atom. The zero-order valence-corrected chi connectivity index (χ0v) is 7.79. The van der Waals surface area contributed by atoms with E-state index in [0.29, 0.717) is 22.6 Å². The topological polar surface area (TPSA) is 83.1 Å². The molecule has 14 heavy (non-hydrogen) atoms. The van der Waals surface area contributed by atoms with Crippen LogP contribution in [-0.4, -0.2) is 29.9 Å². The molecule has 0 aliphatic rings. The maximum atomic E-state index is 4.32. The Balaban J connectivity index is 2.49. The standard InChI is InChI=1S/C8H8N6/c1-3-9-5-6(10-3)14-8-7(13-5)11-4(2)12-8/h1-2H3,(H2,9,10,11,12,13,14). The summed E-state index contributed by atoms with van der Waals surface area (Å²) in [6.45, 7) is 3.74. The molecule has 3 aromatic rings. The highest BCUT2D eigenvalue weighted by Crippen LogP contribution is 2.11. The summed E-state index contributed by atoms with van der Waals surface area (Å²) in [6, 6.07) is 0. The van der Waals surface area contributed by atoms with Crippen molar-refractivity contribution in [2.75, 3.05) is 0 Å². The summed E-state index contributed by atoms with van der Waals surface area (Å²) < 4.78 is 0. The largest absolute Gasteiger partial charge is 0.325 e. The fourth-order valence-electron chi connectivity index (χ4n) is 1.46. The monoisotopic (exact) mass is 188 g/mol. The lowest BCUT2D eigenvalue weighted by Crippen LogP contribution is -1.84. The number of nitrogens with one attached hydrogen (secondary N) is 2. The van der Waals surface area contributed by atoms with Gasteiger partial charge >= 0.3 is 0 Å². The summed E-state index contributed by atoms with van der Waals surface area (Å²) >= 11 is 0. The Morgan fingerprint density at radius 3 is 1.71 bits per heavy atom. The third kappa shape index (κ3) is 0.905. The molecule has 0 aliphatic heterocycles. The lowest BCUT2D eigenvalue weighted by Gasteiger charge is -1.86. The number of imidazole rings is 2. The van der Waals surface area contributed by atoms with Gasteiger partial charge in [0.15, 0.2) is 22.6 Å². The summed E-state index contributed by atoms with van der Waals surface area (Å²) in [6.07, 6.45) is 0. The molecule has 0 amide bonds. The highest BCUT2D eigenvalue weighted by Gasteiger charge is 2.07. The van der Waals surface area contributed by atoms with Gasteiger partial charge in [-0.2, -0.15) is 0 Å². The van der Waals surface area contributed by atoms with Crippen molar-refractivity contribution in [2.24, 2.45) is 0 Å². The zero-order valence-electron chi connectivity index (χ0n) is 7.79. The molecular weight excluding hydrogens is 180 g/mol. The van der Waals surface area contributed by atoms with Gasteiger partial charge < -0.3 is 9.97 Å². The average molecular weight is 188 g/mol. The van der Waals surface area contributed by atoms with Crippen molar-refractivity contribution in [3.63, 3.8) is 0 Å². The van der Waals surface area contributed by atoms with E-state index in [2.05, 4.69) is 29.9 Å². The Labute approximate surface area is 78.8 Å². The van der Waals surface area contributed by atoms with Gasteiger partial charge in [-0.3, -0.25) is 0 Å². The van der Waals surface area contributed by atoms with Crippen molar-refractivity contribution in [3.05, 3.63) is 11.6 Å². The van der Waals surface area contributed by atoms with Crippen LogP contribution < -0.4 is 0 Å². The molecule has 0 fully saturated rings. The second kappa shape index (κ2) is 2.28. The summed E-state index contributed by atoms with van der Waals surface area (Å²) in [7, 11) is 0. The zero-order chi connectivity index (χ0) is 9.71. The maximum absolute atomic E-state index is 4.32. The predicted molar refractivity (Wildman–Crippen MR) is 50.8 cm³/mol. The van der Waals surface area contributed by atoms with Gasteiger partial charge in [-0.1, -0.05) is 0 Å². The van der Waals surface area contributed by atoms with E-state index < -0.39 is 0 Å². The third-order valence-electron chi connectivity index (χ3n) is 2.00. The van der Waals surface area contributed by atoms with Crippen LogP contribution in [0.25, 0.3) is 22.6 Å². The van der Waals surface area contributed by atoms with Gasteiger partial charge in [-0.15, -0.1) is 0 Å². The quantitative estimate of drug-likeness (QED) is 0.547. The number of aryl methyl sites for hydroxylation is 2. The van der Waals surface area contributed by atoms with E-state index in [9.17, 15) is 0 Å². The van der Waals surface area contributed by atoms with Crippen molar-refractivity contribution in [3.8, 4) is 0 Å². The Morgan fingerprint density at radius 1 is 0.714 bits per heavy atom. The van der Waals surface area contributed by atoms with Crippen LogP contribution in [0.1, 0.15) is 11.6 Å². The SMILES string of the molecule is Cc1nc2nc3nc(C)[nH]c3nc2[nH]1. The fourth-order valence-corrected chi connectivity index (χ4v) is 1.46. The molecule has 3 aromatic heterocycles. The molecule has 0 aliphatic carbocycles. The molecule has 6 nitrogen and oxygen atoms in total. The molecule has 0 saturated carbocycles. The molecular formula is C8H8N6. The van der Waals surface area contributed by atoms with Crippen LogP contribution >= 0.6 is 0 Å². The summed E-state index contributed by atoms with van der Waals surface area (Å²) in [5, 5.41) is 0. The van der Waals surface area contributed by atoms with Gasteiger partial charge in [0.05, 0.1) is 0 Å². The van der Waals surface area contributed by atoms with Crippen LogP contribution in [0.2, 0.25) is 0 Å². The molecule has 6 heteroatoms. The van der Waals surface area contributed by atoms with Gasteiger partial charge in [0.1, 0.15) is 11.6 Å². The van der Waals surface area contributed by atoms with Gasteiger partial charge in [0.2, 0.25) is 0 Å². The first kappa shape index (κ1) is 7.43. The molecule has 0 unspecified atom stereocenters. The van der Waals surface area contributed by atoms with Gasteiger partial charge in [-0.25, -0.2) is 19.9 Å². The first-order valence-electron chi connectivity index (χ1n) is 4.29. The minimum absolute atomic E-state index is 0.612. The van der Waals surface area contributed by atoms with E-state index in [1.165, 1.54) is 0 Å². The van der Waals surface area contributed by atoms with Crippen molar-refractivity contribution < 1.29 is 0 Å². The minimum Gasteiger partial charge on any atom is -0.325 e. The van der Waals surface area contributed by atoms with Gasteiger partial charge in [0.25, 0.3) is 0 Å². The third-order valence-corrected chi connectivity index (χ3v) is 2.00. The summed E-state index contributed by atoms with van der Waals surface area (Å²) in [5.74, 6) is 1.62. The summed E-state index contributed by atoms with van der Waals surface area (Å²) in [4.78, 5) is 23.0. The molecule has 70 valence electrons. The van der Waals surface area contributed by atoms with Crippen LogP contribution in [0.4, 0.5) is 0 Å². The Kier molecular flexibility index (Phi) is 1.21. The highest BCUT2D eigenvalue weighted by molar-refractivity contribution is 5.77. The number of hydrogen-bond donors (Lipinski definition) is 2. The van der Waals surface area contributed by atoms with Crippen LogP contribution in [0, 0.1) is 13.8 Å². The number of hydrogen-bond acceptors (Lipinski definition) is 4. The second-order valence-corrected chi connectivity index (χ2v) is 3.21. The first-order valence-corrected chi connectivity index (χ1v) is 4.29. The molecule has 0 atom stereocenters. The number of rotatable bonds is 0. The van der Waals surface area contributed by atoms with E-state index in [0.717, 1.165) is 11.6 Å². The van der Waals surface area contributed by atoms with E-state index in [1.54, 1.807) is 0 Å². The lowest BCUT2D eigenvalue weighted by molar-refractivity contribution is 1.14. The molecule has 3 heterocycles. The van der Waals surface area contributed by atoms with Crippen molar-refractivity contribution in [2.45, 2.75) is 13.8 Å². The smallest absolute Gasteiger partial charge is 0.199 e. The second-order valence-electron chi connectivity index (χ2n) is 3.21. The molecule has 0 aromatic carbocycles. The van der Waals surface area contributed by atoms with Crippen molar-refractivity contribution in [1.29, 1.82) is 0 Å². The van der Waals surface area contributed by atoms with Crippen molar-refractivity contribution in [1.82, 2.24) is 29.9 Å². The van der Waals surface area contributed by atoms with Crippen LogP contribution in [0.3, 0.4) is 0 Å². The maximum Gasteiger partial charge on any atom is 0.199 e. The molecule has 2 N–H and O–H groups in total. The van der Waals surface area contributed by atoms with Gasteiger partial charge in [0, 0.05) is 0 Å². The molecule has 0 saturated heterocycles. The van der Waals surface area contributed by atoms with E-state index in [1.807, 2.05) is 13.8 Å². The molecule has 3 rings (SSSR count). The minimum atomic E-state index is 0.612.